The second-order valence-corrected chi connectivity index (χ2v) is 8.16. The molecule has 158 valence electrons. The fraction of sp³-hybridized carbons (Fsp3) is 0.421. The molecule has 1 aliphatic heterocycles. The number of halogens is 2. The van der Waals surface area contributed by atoms with Crippen LogP contribution in [0.15, 0.2) is 23.1 Å². The summed E-state index contributed by atoms with van der Waals surface area (Å²) in [7, 11) is 0. The largest absolute Gasteiger partial charge is 0.480 e. The van der Waals surface area contributed by atoms with Gasteiger partial charge in [0.05, 0.1) is 10.0 Å². The van der Waals surface area contributed by atoms with E-state index in [0.717, 1.165) is 4.90 Å². The number of hydrogen-bond acceptors (Lipinski definition) is 5. The molecule has 0 spiro atoms. The topological polar surface area (TPSA) is 113 Å². The minimum Gasteiger partial charge on any atom is -0.480 e. The second kappa shape index (κ2) is 10.9. The molecule has 0 aromatic heterocycles. The SMILES string of the molecule is CSc1ccc(/C=C/C(=O)N2CCC(C(=O)N[C@@H](CN)C(=O)O)CC2)c(Cl)c1Cl. The molecule has 0 aliphatic carbocycles. The van der Waals surface area contributed by atoms with Crippen LogP contribution in [0.1, 0.15) is 18.4 Å². The normalized spacial score (nSPS) is 16.1. The third kappa shape index (κ3) is 6.12. The molecule has 2 rings (SSSR count). The Kier molecular flexibility index (Phi) is 8.82. The standard InChI is InChI=1S/C19H23Cl2N3O4S/c1-29-14-4-2-11(16(20)17(14)21)3-5-15(25)24-8-6-12(7-9-24)18(26)23-13(10-22)19(27)28/h2-5,12-13H,6-10,22H2,1H3,(H,23,26)(H,27,28)/b5-3+/t13-/m0/s1. The summed E-state index contributed by atoms with van der Waals surface area (Å²) in [6.07, 6.45) is 5.87. The summed E-state index contributed by atoms with van der Waals surface area (Å²) in [6, 6.07) is 2.55. The number of nitrogens with two attached hydrogens (primary N) is 1. The van der Waals surface area contributed by atoms with Crippen molar-refractivity contribution in [2.75, 3.05) is 25.9 Å². The molecule has 1 aromatic carbocycles. The number of amides is 2. The summed E-state index contributed by atoms with van der Waals surface area (Å²) < 4.78 is 0. The fourth-order valence-electron chi connectivity index (χ4n) is 2.97. The van der Waals surface area contributed by atoms with E-state index in [-0.39, 0.29) is 24.3 Å². The Labute approximate surface area is 183 Å². The molecule has 0 saturated carbocycles. The van der Waals surface area contributed by atoms with Gasteiger partial charge in [-0.15, -0.1) is 11.8 Å². The van der Waals surface area contributed by atoms with Crippen molar-refractivity contribution in [1.29, 1.82) is 0 Å². The number of rotatable bonds is 7. The van der Waals surface area contributed by atoms with Gasteiger partial charge in [-0.1, -0.05) is 29.3 Å². The van der Waals surface area contributed by atoms with Crippen LogP contribution in [0.5, 0.6) is 0 Å². The van der Waals surface area contributed by atoms with Gasteiger partial charge in [0.15, 0.2) is 0 Å². The minimum absolute atomic E-state index is 0.173. The number of carboxylic acids is 1. The van der Waals surface area contributed by atoms with E-state index in [1.807, 2.05) is 12.3 Å². The highest BCUT2D eigenvalue weighted by atomic mass is 35.5. The number of carboxylic acid groups (broad SMARTS) is 1. The number of aliphatic carboxylic acids is 1. The Morgan fingerprint density at radius 2 is 1.97 bits per heavy atom. The van der Waals surface area contributed by atoms with E-state index in [9.17, 15) is 14.4 Å². The third-order valence-electron chi connectivity index (χ3n) is 4.73. The molecule has 0 unspecified atom stereocenters. The molecule has 1 saturated heterocycles. The quantitative estimate of drug-likeness (QED) is 0.426. The maximum absolute atomic E-state index is 12.4. The predicted molar refractivity (Wildman–Crippen MR) is 115 cm³/mol. The van der Waals surface area contributed by atoms with Crippen molar-refractivity contribution in [2.45, 2.75) is 23.8 Å². The highest BCUT2D eigenvalue weighted by molar-refractivity contribution is 7.98. The monoisotopic (exact) mass is 459 g/mol. The van der Waals surface area contributed by atoms with Crippen LogP contribution in [-0.2, 0) is 14.4 Å². The zero-order valence-electron chi connectivity index (χ0n) is 15.9. The number of carbonyl (C=O) groups excluding carboxylic acids is 2. The first-order valence-corrected chi connectivity index (χ1v) is 11.0. The van der Waals surface area contributed by atoms with Crippen molar-refractivity contribution in [3.63, 3.8) is 0 Å². The number of nitrogens with zero attached hydrogens (tertiary/aromatic N) is 1. The van der Waals surface area contributed by atoms with Crippen LogP contribution in [-0.4, -0.2) is 59.7 Å². The zero-order valence-corrected chi connectivity index (χ0v) is 18.2. The zero-order chi connectivity index (χ0) is 21.6. The molecule has 2 amide bonds. The van der Waals surface area contributed by atoms with Gasteiger partial charge in [0.1, 0.15) is 6.04 Å². The number of nitrogens with one attached hydrogen (secondary N) is 1. The summed E-state index contributed by atoms with van der Waals surface area (Å²) >= 11 is 14.0. The number of piperidine rings is 1. The number of likely N-dealkylation sites (tertiary alicyclic amines) is 1. The Morgan fingerprint density at radius 3 is 2.52 bits per heavy atom. The smallest absolute Gasteiger partial charge is 0.327 e. The lowest BCUT2D eigenvalue weighted by Crippen LogP contribution is -2.50. The fourth-order valence-corrected chi connectivity index (χ4v) is 4.15. The molecular weight excluding hydrogens is 437 g/mol. The molecule has 1 aromatic rings. The first-order chi connectivity index (χ1) is 13.8. The van der Waals surface area contributed by atoms with Gasteiger partial charge < -0.3 is 21.1 Å². The molecule has 4 N–H and O–H groups in total. The average molecular weight is 460 g/mol. The molecule has 29 heavy (non-hydrogen) atoms. The summed E-state index contributed by atoms with van der Waals surface area (Å²) in [6.45, 7) is 0.636. The van der Waals surface area contributed by atoms with Crippen molar-refractivity contribution in [2.24, 2.45) is 11.7 Å². The van der Waals surface area contributed by atoms with E-state index in [1.54, 1.807) is 17.0 Å². The molecule has 1 fully saturated rings. The van der Waals surface area contributed by atoms with Crippen LogP contribution in [0.4, 0.5) is 0 Å². The Balaban J connectivity index is 1.92. The van der Waals surface area contributed by atoms with Crippen LogP contribution in [0, 0.1) is 5.92 Å². The van der Waals surface area contributed by atoms with E-state index in [4.69, 9.17) is 34.0 Å². The number of carbonyl (C=O) groups is 3. The Morgan fingerprint density at radius 1 is 1.31 bits per heavy atom. The summed E-state index contributed by atoms with van der Waals surface area (Å²) in [5.74, 6) is -2.04. The number of hydrogen-bond donors (Lipinski definition) is 3. The number of thioether (sulfide) groups is 1. The molecule has 10 heteroatoms. The van der Waals surface area contributed by atoms with Gasteiger partial charge in [-0.3, -0.25) is 9.59 Å². The molecule has 1 atom stereocenters. The van der Waals surface area contributed by atoms with Gasteiger partial charge in [0.2, 0.25) is 11.8 Å². The van der Waals surface area contributed by atoms with Crippen LogP contribution in [0.25, 0.3) is 6.08 Å². The Bertz CT molecular complexity index is 811. The third-order valence-corrected chi connectivity index (χ3v) is 6.52. The van der Waals surface area contributed by atoms with Crippen LogP contribution in [0.2, 0.25) is 10.0 Å². The lowest BCUT2D eigenvalue weighted by atomic mass is 9.95. The summed E-state index contributed by atoms with van der Waals surface area (Å²) in [4.78, 5) is 38.1. The van der Waals surface area contributed by atoms with Crippen molar-refractivity contribution in [3.8, 4) is 0 Å². The predicted octanol–water partition coefficient (Wildman–Crippen LogP) is 2.50. The Hall–Kier alpha value is -1.74. The molecular formula is C19H23Cl2N3O4S. The molecule has 1 aliphatic rings. The van der Waals surface area contributed by atoms with Crippen molar-refractivity contribution < 1.29 is 19.5 Å². The summed E-state index contributed by atoms with van der Waals surface area (Å²) in [5, 5.41) is 12.3. The highest BCUT2D eigenvalue weighted by Gasteiger charge is 2.29. The average Bonchev–Trinajstić information content (AvgIpc) is 2.72. The van der Waals surface area contributed by atoms with E-state index >= 15 is 0 Å². The second-order valence-electron chi connectivity index (χ2n) is 6.55. The first kappa shape index (κ1) is 23.5. The highest BCUT2D eigenvalue weighted by Crippen LogP contribution is 2.35. The molecule has 0 bridgehead atoms. The molecule has 0 radical (unpaired) electrons. The van der Waals surface area contributed by atoms with E-state index in [1.165, 1.54) is 17.8 Å². The van der Waals surface area contributed by atoms with Crippen molar-refractivity contribution in [1.82, 2.24) is 10.2 Å². The van der Waals surface area contributed by atoms with E-state index in [2.05, 4.69) is 5.32 Å². The molecule has 7 nitrogen and oxygen atoms in total. The van der Waals surface area contributed by atoms with Crippen molar-refractivity contribution >= 4 is 58.8 Å². The van der Waals surface area contributed by atoms with Gasteiger partial charge in [0.25, 0.3) is 0 Å². The van der Waals surface area contributed by atoms with Gasteiger partial charge in [-0.05, 0) is 36.8 Å². The lowest BCUT2D eigenvalue weighted by molar-refractivity contribution is -0.142. The van der Waals surface area contributed by atoms with Gasteiger partial charge >= 0.3 is 5.97 Å². The van der Waals surface area contributed by atoms with Crippen LogP contribution < -0.4 is 11.1 Å². The minimum atomic E-state index is -1.16. The van der Waals surface area contributed by atoms with Gasteiger partial charge in [-0.25, -0.2) is 4.79 Å². The lowest BCUT2D eigenvalue weighted by Gasteiger charge is -2.31. The summed E-state index contributed by atoms with van der Waals surface area (Å²) in [5.41, 5.74) is 6.01. The maximum Gasteiger partial charge on any atom is 0.327 e. The van der Waals surface area contributed by atoms with Crippen LogP contribution in [0.3, 0.4) is 0 Å². The van der Waals surface area contributed by atoms with Crippen molar-refractivity contribution in [3.05, 3.63) is 33.8 Å². The molecule has 1 heterocycles. The van der Waals surface area contributed by atoms with Crippen LogP contribution >= 0.6 is 35.0 Å². The maximum atomic E-state index is 12.4. The van der Waals surface area contributed by atoms with E-state index in [0.29, 0.717) is 41.5 Å². The number of benzene rings is 1. The van der Waals surface area contributed by atoms with Gasteiger partial charge in [0, 0.05) is 36.5 Å². The van der Waals surface area contributed by atoms with E-state index < -0.39 is 12.0 Å². The van der Waals surface area contributed by atoms with Gasteiger partial charge in [-0.2, -0.15) is 0 Å². The first-order valence-electron chi connectivity index (χ1n) is 9.00.